The van der Waals surface area contributed by atoms with Crippen LogP contribution in [0.1, 0.15) is 36.2 Å². The second kappa shape index (κ2) is 7.56. The van der Waals surface area contributed by atoms with Crippen molar-refractivity contribution in [3.63, 3.8) is 0 Å². The van der Waals surface area contributed by atoms with E-state index in [1.165, 1.54) is 0 Å². The molecule has 0 bridgehead atoms. The molecule has 0 spiro atoms. The second-order valence-corrected chi connectivity index (χ2v) is 6.32. The summed E-state index contributed by atoms with van der Waals surface area (Å²) in [4.78, 5) is 12.1. The minimum absolute atomic E-state index is 0.0473. The van der Waals surface area contributed by atoms with Gasteiger partial charge in [0.05, 0.1) is 0 Å². The molecule has 0 unspecified atom stereocenters. The summed E-state index contributed by atoms with van der Waals surface area (Å²) in [5.74, 6) is 0.867. The Morgan fingerprint density at radius 1 is 1.42 bits per heavy atom. The molecule has 19 heavy (non-hydrogen) atoms. The van der Waals surface area contributed by atoms with Crippen molar-refractivity contribution in [3.05, 3.63) is 35.4 Å². The van der Waals surface area contributed by atoms with Crippen LogP contribution in [0.25, 0.3) is 0 Å². The first-order valence-corrected chi connectivity index (χ1v) is 7.85. The summed E-state index contributed by atoms with van der Waals surface area (Å²) < 4.78 is 0. The fourth-order valence-electron chi connectivity index (χ4n) is 1.78. The lowest BCUT2D eigenvalue weighted by Gasteiger charge is -2.23. The maximum Gasteiger partial charge on any atom is 0.251 e. The highest BCUT2D eigenvalue weighted by Crippen LogP contribution is 2.18. The van der Waals surface area contributed by atoms with Crippen molar-refractivity contribution in [3.8, 4) is 0 Å². The zero-order valence-electron chi connectivity index (χ0n) is 11.9. The lowest BCUT2D eigenvalue weighted by Crippen LogP contribution is -2.34. The van der Waals surface area contributed by atoms with Gasteiger partial charge >= 0.3 is 0 Å². The van der Waals surface area contributed by atoms with Crippen LogP contribution >= 0.6 is 11.8 Å². The first-order chi connectivity index (χ1) is 8.98. The predicted molar refractivity (Wildman–Crippen MR) is 81.5 cm³/mol. The molecule has 0 aliphatic heterocycles. The lowest BCUT2D eigenvalue weighted by molar-refractivity contribution is 0.0928. The maximum atomic E-state index is 12.1. The van der Waals surface area contributed by atoms with E-state index in [2.05, 4.69) is 5.32 Å². The number of hydrogen-bond acceptors (Lipinski definition) is 3. The van der Waals surface area contributed by atoms with Gasteiger partial charge in [0.2, 0.25) is 0 Å². The van der Waals surface area contributed by atoms with Gasteiger partial charge in [0.25, 0.3) is 5.91 Å². The smallest absolute Gasteiger partial charge is 0.251 e. The zero-order chi connectivity index (χ0) is 14.3. The average molecular weight is 281 g/mol. The molecule has 0 atom stereocenters. The van der Waals surface area contributed by atoms with Gasteiger partial charge in [0.1, 0.15) is 0 Å². The van der Waals surface area contributed by atoms with E-state index in [0.717, 1.165) is 11.3 Å². The Balaban J connectivity index is 2.60. The van der Waals surface area contributed by atoms with Crippen molar-refractivity contribution >= 4 is 17.7 Å². The normalized spacial score (nSPS) is 11.4. The molecule has 1 rings (SSSR count). The fourth-order valence-corrected chi connectivity index (χ4v) is 2.29. The molecule has 0 saturated heterocycles. The summed E-state index contributed by atoms with van der Waals surface area (Å²) in [6.07, 6.45) is 2.73. The molecule has 2 N–H and O–H groups in total. The lowest BCUT2D eigenvalue weighted by atomic mass is 9.89. The van der Waals surface area contributed by atoms with Crippen LogP contribution in [0.2, 0.25) is 0 Å². The van der Waals surface area contributed by atoms with Crippen molar-refractivity contribution in [2.24, 2.45) is 5.41 Å². The summed E-state index contributed by atoms with van der Waals surface area (Å²) in [6.45, 7) is 4.78. The van der Waals surface area contributed by atoms with Crippen molar-refractivity contribution < 1.29 is 9.90 Å². The minimum atomic E-state index is -0.0821. The summed E-state index contributed by atoms with van der Waals surface area (Å²) >= 11 is 1.74. The molecule has 0 fully saturated rings. The van der Waals surface area contributed by atoms with Crippen LogP contribution < -0.4 is 5.32 Å². The maximum absolute atomic E-state index is 12.1. The van der Waals surface area contributed by atoms with Crippen LogP contribution in [-0.4, -0.2) is 30.4 Å². The number of aliphatic hydroxyl groups excluding tert-OH is 1. The Kier molecular flexibility index (Phi) is 6.38. The highest BCUT2D eigenvalue weighted by atomic mass is 32.2. The third-order valence-corrected chi connectivity index (χ3v) is 3.64. The third kappa shape index (κ3) is 5.66. The van der Waals surface area contributed by atoms with Crippen LogP contribution in [0.3, 0.4) is 0 Å². The molecule has 1 amide bonds. The molecule has 0 saturated carbocycles. The van der Waals surface area contributed by atoms with Crippen molar-refractivity contribution in [1.82, 2.24) is 5.32 Å². The molecule has 0 radical (unpaired) electrons. The SMILES string of the molecule is CSCc1cccc(C(=O)NCC(C)(C)CCO)c1. The number of rotatable bonds is 7. The van der Waals surface area contributed by atoms with Gasteiger partial charge in [-0.05, 0) is 35.8 Å². The van der Waals surface area contributed by atoms with Crippen LogP contribution in [0.15, 0.2) is 24.3 Å². The van der Waals surface area contributed by atoms with Crippen LogP contribution in [0.4, 0.5) is 0 Å². The first kappa shape index (κ1) is 16.1. The van der Waals surface area contributed by atoms with Gasteiger partial charge in [0.15, 0.2) is 0 Å². The standard InChI is InChI=1S/C15H23NO2S/c1-15(2,7-8-17)11-16-14(18)13-6-4-5-12(9-13)10-19-3/h4-6,9,17H,7-8,10-11H2,1-3H3,(H,16,18). The van der Waals surface area contributed by atoms with Crippen molar-refractivity contribution in [2.75, 3.05) is 19.4 Å². The van der Waals surface area contributed by atoms with Gasteiger partial charge < -0.3 is 10.4 Å². The number of aliphatic hydroxyl groups is 1. The molecule has 1 aromatic rings. The van der Waals surface area contributed by atoms with E-state index in [1.807, 2.05) is 44.4 Å². The number of amides is 1. The van der Waals surface area contributed by atoms with Gasteiger partial charge in [0, 0.05) is 24.5 Å². The molecule has 1 aromatic carbocycles. The summed E-state index contributed by atoms with van der Waals surface area (Å²) in [7, 11) is 0. The number of benzene rings is 1. The summed E-state index contributed by atoms with van der Waals surface area (Å²) in [6, 6.07) is 7.71. The Labute approximate surface area is 119 Å². The van der Waals surface area contributed by atoms with Gasteiger partial charge in [-0.25, -0.2) is 0 Å². The molecule has 4 heteroatoms. The van der Waals surface area contributed by atoms with Gasteiger partial charge in [-0.2, -0.15) is 11.8 Å². The van der Waals surface area contributed by atoms with Crippen molar-refractivity contribution in [2.45, 2.75) is 26.0 Å². The molecular formula is C15H23NO2S. The van der Waals surface area contributed by atoms with Crippen LogP contribution in [0.5, 0.6) is 0 Å². The van der Waals surface area contributed by atoms with E-state index in [4.69, 9.17) is 5.11 Å². The van der Waals surface area contributed by atoms with Gasteiger partial charge in [-0.1, -0.05) is 26.0 Å². The Bertz CT molecular complexity index is 418. The fraction of sp³-hybridized carbons (Fsp3) is 0.533. The summed E-state index contributed by atoms with van der Waals surface area (Å²) in [5.41, 5.74) is 1.78. The van der Waals surface area contributed by atoms with Gasteiger partial charge in [-0.15, -0.1) is 0 Å². The van der Waals surface area contributed by atoms with E-state index in [0.29, 0.717) is 18.5 Å². The Morgan fingerprint density at radius 3 is 2.79 bits per heavy atom. The monoisotopic (exact) mass is 281 g/mol. The van der Waals surface area contributed by atoms with Crippen molar-refractivity contribution in [1.29, 1.82) is 0 Å². The number of nitrogens with one attached hydrogen (secondary N) is 1. The number of hydrogen-bond donors (Lipinski definition) is 2. The predicted octanol–water partition coefficient (Wildman–Crippen LogP) is 2.69. The number of carbonyl (C=O) groups excluding carboxylic acids is 1. The van der Waals surface area contributed by atoms with Gasteiger partial charge in [-0.3, -0.25) is 4.79 Å². The van der Waals surface area contributed by atoms with Crippen LogP contribution in [0, 0.1) is 5.41 Å². The number of thioether (sulfide) groups is 1. The Morgan fingerprint density at radius 2 is 2.16 bits per heavy atom. The highest BCUT2D eigenvalue weighted by molar-refractivity contribution is 7.97. The highest BCUT2D eigenvalue weighted by Gasteiger charge is 2.18. The Hall–Kier alpha value is -1.00. The molecule has 0 aliphatic carbocycles. The molecule has 0 aromatic heterocycles. The van der Waals surface area contributed by atoms with E-state index >= 15 is 0 Å². The van der Waals surface area contributed by atoms with E-state index in [1.54, 1.807) is 11.8 Å². The molecular weight excluding hydrogens is 258 g/mol. The quantitative estimate of drug-likeness (QED) is 0.808. The molecule has 106 valence electrons. The third-order valence-electron chi connectivity index (χ3n) is 3.02. The van der Waals surface area contributed by atoms with E-state index in [9.17, 15) is 4.79 Å². The molecule has 0 aliphatic rings. The van der Waals surface area contributed by atoms with E-state index in [-0.39, 0.29) is 17.9 Å². The van der Waals surface area contributed by atoms with E-state index < -0.39 is 0 Å². The average Bonchev–Trinajstić information content (AvgIpc) is 2.37. The second-order valence-electron chi connectivity index (χ2n) is 5.45. The topological polar surface area (TPSA) is 49.3 Å². The molecule has 0 heterocycles. The first-order valence-electron chi connectivity index (χ1n) is 6.45. The largest absolute Gasteiger partial charge is 0.396 e. The zero-order valence-corrected chi connectivity index (χ0v) is 12.7. The summed E-state index contributed by atoms with van der Waals surface area (Å²) in [5, 5.41) is 11.9. The number of carbonyl (C=O) groups is 1. The minimum Gasteiger partial charge on any atom is -0.396 e. The molecule has 3 nitrogen and oxygen atoms in total. The van der Waals surface area contributed by atoms with Crippen LogP contribution in [-0.2, 0) is 5.75 Å².